The van der Waals surface area contributed by atoms with Crippen LogP contribution in [0.25, 0.3) is 5.69 Å². The third kappa shape index (κ3) is 5.59. The fourth-order valence-electron chi connectivity index (χ4n) is 3.60. The van der Waals surface area contributed by atoms with Crippen molar-refractivity contribution < 1.29 is 14.6 Å². The highest BCUT2D eigenvalue weighted by atomic mass is 16.5. The average Bonchev–Trinajstić information content (AvgIpc) is 3.35. The Morgan fingerprint density at radius 2 is 1.76 bits per heavy atom. The molecule has 0 aliphatic rings. The van der Waals surface area contributed by atoms with Crippen molar-refractivity contribution in [3.05, 3.63) is 95.3 Å². The first-order chi connectivity index (χ1) is 16.5. The molecular formula is C26H29N5O3. The van der Waals surface area contributed by atoms with Gasteiger partial charge in [-0.2, -0.15) is 4.68 Å². The monoisotopic (exact) mass is 459 g/mol. The number of methoxy groups -OCH3 is 1. The molecule has 2 N–H and O–H groups in total. The molecule has 0 saturated carbocycles. The second kappa shape index (κ2) is 10.9. The molecule has 1 aromatic heterocycles. The molecule has 3 aromatic carbocycles. The van der Waals surface area contributed by atoms with Gasteiger partial charge in [-0.25, -0.2) is 0 Å². The van der Waals surface area contributed by atoms with Crippen LogP contribution in [-0.4, -0.2) is 38.5 Å². The third-order valence-corrected chi connectivity index (χ3v) is 5.64. The van der Waals surface area contributed by atoms with Crippen molar-refractivity contribution in [2.45, 2.75) is 39.1 Å². The molecule has 0 spiro atoms. The molecule has 0 radical (unpaired) electrons. The van der Waals surface area contributed by atoms with Crippen molar-refractivity contribution in [3.63, 3.8) is 0 Å². The highest BCUT2D eigenvalue weighted by molar-refractivity contribution is 5.43. The number of benzene rings is 3. The molecule has 1 heterocycles. The standard InChI is InChI=1S/C26H29N5O3/c1-18-9-12-22(13-10-18)31-25(28-29-30-31)17-34-23-14-11-20(15-24(23)33-3)16-27-19(2)26(32)21-7-5-4-6-8-21/h4-15,19,26-27,32H,16-17H2,1-3H3/t19-,26+/m1/s1. The Morgan fingerprint density at radius 3 is 2.50 bits per heavy atom. The highest BCUT2D eigenvalue weighted by Crippen LogP contribution is 2.29. The zero-order valence-corrected chi connectivity index (χ0v) is 19.5. The molecule has 0 unspecified atom stereocenters. The molecule has 4 rings (SSSR count). The van der Waals surface area contributed by atoms with Crippen LogP contribution in [0.2, 0.25) is 0 Å². The average molecular weight is 460 g/mol. The van der Waals surface area contributed by atoms with Crippen molar-refractivity contribution in [3.8, 4) is 17.2 Å². The minimum Gasteiger partial charge on any atom is -0.493 e. The predicted molar refractivity (Wildman–Crippen MR) is 129 cm³/mol. The summed E-state index contributed by atoms with van der Waals surface area (Å²) in [5.41, 5.74) is 3.94. The second-order valence-corrected chi connectivity index (χ2v) is 8.14. The van der Waals surface area contributed by atoms with Gasteiger partial charge in [0.15, 0.2) is 23.9 Å². The molecule has 0 saturated heterocycles. The van der Waals surface area contributed by atoms with Crippen molar-refractivity contribution >= 4 is 0 Å². The Bertz CT molecular complexity index is 1190. The normalized spacial score (nSPS) is 12.8. The summed E-state index contributed by atoms with van der Waals surface area (Å²) in [6, 6.07) is 23.2. The van der Waals surface area contributed by atoms with Crippen LogP contribution >= 0.6 is 0 Å². The van der Waals surface area contributed by atoms with E-state index in [2.05, 4.69) is 20.8 Å². The van der Waals surface area contributed by atoms with Gasteiger partial charge in [-0.1, -0.05) is 54.1 Å². The molecule has 8 nitrogen and oxygen atoms in total. The number of rotatable bonds is 10. The predicted octanol–water partition coefficient (Wildman–Crippen LogP) is 3.77. The molecule has 0 bridgehead atoms. The smallest absolute Gasteiger partial charge is 0.194 e. The van der Waals surface area contributed by atoms with E-state index in [0.29, 0.717) is 23.9 Å². The van der Waals surface area contributed by atoms with Gasteiger partial charge in [-0.15, -0.1) is 5.10 Å². The largest absolute Gasteiger partial charge is 0.493 e. The number of nitrogens with one attached hydrogen (secondary N) is 1. The molecule has 0 fully saturated rings. The van der Waals surface area contributed by atoms with E-state index >= 15 is 0 Å². The summed E-state index contributed by atoms with van der Waals surface area (Å²) in [5.74, 6) is 1.80. The number of aromatic nitrogens is 4. The van der Waals surface area contributed by atoms with Crippen LogP contribution in [0.1, 0.15) is 35.5 Å². The van der Waals surface area contributed by atoms with Gasteiger partial charge in [-0.3, -0.25) is 0 Å². The van der Waals surface area contributed by atoms with Crippen LogP contribution < -0.4 is 14.8 Å². The molecular weight excluding hydrogens is 430 g/mol. The van der Waals surface area contributed by atoms with Gasteiger partial charge in [0.1, 0.15) is 0 Å². The third-order valence-electron chi connectivity index (χ3n) is 5.64. The highest BCUT2D eigenvalue weighted by Gasteiger charge is 2.16. The molecule has 0 amide bonds. The van der Waals surface area contributed by atoms with Crippen LogP contribution in [0.3, 0.4) is 0 Å². The Labute approximate surface area is 199 Å². The number of hydrogen-bond donors (Lipinski definition) is 2. The molecule has 34 heavy (non-hydrogen) atoms. The van der Waals surface area contributed by atoms with Crippen LogP contribution in [0.15, 0.2) is 72.8 Å². The molecule has 0 aliphatic heterocycles. The van der Waals surface area contributed by atoms with E-state index in [-0.39, 0.29) is 12.6 Å². The molecule has 176 valence electrons. The van der Waals surface area contributed by atoms with Crippen molar-refractivity contribution in [2.24, 2.45) is 0 Å². The van der Waals surface area contributed by atoms with Gasteiger partial charge in [0, 0.05) is 12.6 Å². The lowest BCUT2D eigenvalue weighted by Crippen LogP contribution is -2.31. The Balaban J connectivity index is 1.38. The lowest BCUT2D eigenvalue weighted by Gasteiger charge is -2.21. The summed E-state index contributed by atoms with van der Waals surface area (Å²) in [7, 11) is 1.61. The maximum absolute atomic E-state index is 10.6. The van der Waals surface area contributed by atoms with Crippen molar-refractivity contribution in [2.75, 3.05) is 7.11 Å². The summed E-state index contributed by atoms with van der Waals surface area (Å²) >= 11 is 0. The van der Waals surface area contributed by atoms with Gasteiger partial charge < -0.3 is 19.9 Å². The quantitative estimate of drug-likeness (QED) is 0.373. The fourth-order valence-corrected chi connectivity index (χ4v) is 3.60. The van der Waals surface area contributed by atoms with Crippen LogP contribution in [-0.2, 0) is 13.2 Å². The Hall–Kier alpha value is -3.75. The van der Waals surface area contributed by atoms with E-state index in [1.165, 1.54) is 0 Å². The topological polar surface area (TPSA) is 94.3 Å². The number of aryl methyl sites for hydroxylation is 1. The fraction of sp³-hybridized carbons (Fsp3) is 0.269. The maximum atomic E-state index is 10.6. The zero-order valence-electron chi connectivity index (χ0n) is 19.5. The number of ether oxygens (including phenoxy) is 2. The number of tetrazole rings is 1. The summed E-state index contributed by atoms with van der Waals surface area (Å²) in [6.07, 6.45) is -0.592. The van der Waals surface area contributed by atoms with Crippen molar-refractivity contribution in [1.29, 1.82) is 0 Å². The van der Waals surface area contributed by atoms with E-state index in [4.69, 9.17) is 9.47 Å². The summed E-state index contributed by atoms with van der Waals surface area (Å²) in [5, 5.41) is 25.9. The Morgan fingerprint density at radius 1 is 1.00 bits per heavy atom. The van der Waals surface area contributed by atoms with Crippen LogP contribution in [0, 0.1) is 6.92 Å². The number of hydrogen-bond acceptors (Lipinski definition) is 7. The van der Waals surface area contributed by atoms with E-state index in [9.17, 15) is 5.11 Å². The van der Waals surface area contributed by atoms with Gasteiger partial charge in [-0.05, 0) is 59.7 Å². The van der Waals surface area contributed by atoms with Gasteiger partial charge in [0.25, 0.3) is 0 Å². The minimum atomic E-state index is -0.592. The molecule has 4 aromatic rings. The molecule has 8 heteroatoms. The van der Waals surface area contributed by atoms with Crippen LogP contribution in [0.5, 0.6) is 11.5 Å². The maximum Gasteiger partial charge on any atom is 0.194 e. The first-order valence-electron chi connectivity index (χ1n) is 11.2. The SMILES string of the molecule is COc1cc(CN[C@H](C)[C@H](O)c2ccccc2)ccc1OCc1nnnn1-c1ccc(C)cc1. The van der Waals surface area contributed by atoms with E-state index in [1.807, 2.05) is 86.6 Å². The number of aliphatic hydroxyl groups excluding tert-OH is 1. The second-order valence-electron chi connectivity index (χ2n) is 8.14. The van der Waals surface area contributed by atoms with E-state index in [1.54, 1.807) is 11.8 Å². The first-order valence-corrected chi connectivity index (χ1v) is 11.2. The summed E-state index contributed by atoms with van der Waals surface area (Å²) < 4.78 is 13.2. The lowest BCUT2D eigenvalue weighted by atomic mass is 10.0. The number of nitrogens with zero attached hydrogens (tertiary/aromatic N) is 4. The summed E-state index contributed by atoms with van der Waals surface area (Å²) in [6.45, 7) is 4.76. The zero-order chi connectivity index (χ0) is 23.9. The first kappa shape index (κ1) is 23.4. The van der Waals surface area contributed by atoms with Crippen LogP contribution in [0.4, 0.5) is 0 Å². The van der Waals surface area contributed by atoms with Gasteiger partial charge in [0.05, 0.1) is 18.9 Å². The Kier molecular flexibility index (Phi) is 7.51. The summed E-state index contributed by atoms with van der Waals surface area (Å²) in [4.78, 5) is 0. The number of aliphatic hydroxyl groups is 1. The van der Waals surface area contributed by atoms with E-state index < -0.39 is 6.10 Å². The van der Waals surface area contributed by atoms with Gasteiger partial charge in [0.2, 0.25) is 0 Å². The molecule has 2 atom stereocenters. The molecule has 0 aliphatic carbocycles. The van der Waals surface area contributed by atoms with Crippen molar-refractivity contribution in [1.82, 2.24) is 25.5 Å². The lowest BCUT2D eigenvalue weighted by molar-refractivity contribution is 0.135. The van der Waals surface area contributed by atoms with E-state index in [0.717, 1.165) is 22.4 Å². The minimum absolute atomic E-state index is 0.120. The van der Waals surface area contributed by atoms with Gasteiger partial charge >= 0.3 is 0 Å².